The molecule has 0 aromatic carbocycles. The first-order valence-corrected chi connectivity index (χ1v) is 18.2. The van der Waals surface area contributed by atoms with Crippen LogP contribution in [0, 0.1) is 0 Å². The van der Waals surface area contributed by atoms with E-state index in [1.54, 1.807) is 0 Å². The van der Waals surface area contributed by atoms with Crippen molar-refractivity contribution in [2.24, 2.45) is 5.73 Å². The van der Waals surface area contributed by atoms with E-state index in [1.165, 1.54) is 57.8 Å². The number of phosphoric ester groups is 1. The van der Waals surface area contributed by atoms with Crippen molar-refractivity contribution >= 4 is 19.8 Å². The summed E-state index contributed by atoms with van der Waals surface area (Å²) in [5.41, 5.74) is 5.31. The number of nitrogens with two attached hydrogens (primary N) is 1. The van der Waals surface area contributed by atoms with Gasteiger partial charge in [-0.2, -0.15) is 0 Å². The molecule has 2 atom stereocenters. The van der Waals surface area contributed by atoms with Gasteiger partial charge in [-0.25, -0.2) is 4.57 Å². The summed E-state index contributed by atoms with van der Waals surface area (Å²) < 4.78 is 32.4. The lowest BCUT2D eigenvalue weighted by atomic mass is 10.1. The molecule has 42 heavy (non-hydrogen) atoms. The fraction of sp³-hybridized carbons (Fsp3) is 0.875. The third-order valence-electron chi connectivity index (χ3n) is 6.90. The Kier molecular flexibility index (Phi) is 28.9. The Morgan fingerprint density at radius 2 is 1.17 bits per heavy atom. The van der Waals surface area contributed by atoms with Crippen molar-refractivity contribution in [3.63, 3.8) is 0 Å². The van der Waals surface area contributed by atoms with Crippen molar-refractivity contribution in [3.05, 3.63) is 12.2 Å². The van der Waals surface area contributed by atoms with Gasteiger partial charge >= 0.3 is 19.8 Å². The van der Waals surface area contributed by atoms with E-state index < -0.39 is 26.5 Å². The lowest BCUT2D eigenvalue weighted by Gasteiger charge is -2.19. The molecule has 0 saturated heterocycles. The highest BCUT2D eigenvalue weighted by Crippen LogP contribution is 2.43. The molecule has 10 heteroatoms. The summed E-state index contributed by atoms with van der Waals surface area (Å²) in [6.45, 7) is 3.65. The van der Waals surface area contributed by atoms with Gasteiger partial charge in [0.1, 0.15) is 6.61 Å². The zero-order chi connectivity index (χ0) is 31.2. The van der Waals surface area contributed by atoms with Gasteiger partial charge < -0.3 is 20.1 Å². The Bertz CT molecular complexity index is 719. The van der Waals surface area contributed by atoms with Gasteiger partial charge in [-0.1, -0.05) is 109 Å². The zero-order valence-corrected chi connectivity index (χ0v) is 27.6. The lowest BCUT2D eigenvalue weighted by molar-refractivity contribution is -0.161. The number of rotatable bonds is 31. The predicted molar refractivity (Wildman–Crippen MR) is 169 cm³/mol. The van der Waals surface area contributed by atoms with Gasteiger partial charge in [-0.3, -0.25) is 18.6 Å². The minimum atomic E-state index is -4.36. The molecule has 0 bridgehead atoms. The molecule has 248 valence electrons. The van der Waals surface area contributed by atoms with Crippen molar-refractivity contribution in [1.82, 2.24) is 0 Å². The molecule has 0 fully saturated rings. The highest BCUT2D eigenvalue weighted by atomic mass is 31.2. The molecule has 0 heterocycles. The SMILES string of the molecule is CCCCC/C=C/CCCCCCCC(=O)O[C@H](COC(=O)CCCCCCCCCCC)COP(=O)(O)OCCN. The molecule has 0 amide bonds. The number of unbranched alkanes of at least 4 members (excludes halogenated alkanes) is 16. The summed E-state index contributed by atoms with van der Waals surface area (Å²) in [7, 11) is -4.36. The van der Waals surface area contributed by atoms with E-state index in [0.717, 1.165) is 57.8 Å². The van der Waals surface area contributed by atoms with E-state index in [0.29, 0.717) is 6.42 Å². The number of hydrogen-bond donors (Lipinski definition) is 2. The second kappa shape index (κ2) is 29.8. The van der Waals surface area contributed by atoms with Gasteiger partial charge in [-0.05, 0) is 38.5 Å². The van der Waals surface area contributed by atoms with Crippen molar-refractivity contribution in [3.8, 4) is 0 Å². The van der Waals surface area contributed by atoms with Crippen LogP contribution in [-0.4, -0.2) is 49.3 Å². The third kappa shape index (κ3) is 28.9. The molecule has 0 aliphatic rings. The second-order valence-corrected chi connectivity index (χ2v) is 12.5. The van der Waals surface area contributed by atoms with Gasteiger partial charge in [0, 0.05) is 19.4 Å². The highest BCUT2D eigenvalue weighted by molar-refractivity contribution is 7.47. The molecule has 0 rings (SSSR count). The average molecular weight is 620 g/mol. The fourth-order valence-electron chi connectivity index (χ4n) is 4.39. The molecule has 0 radical (unpaired) electrons. The molecule has 0 aromatic heterocycles. The summed E-state index contributed by atoms with van der Waals surface area (Å²) in [6, 6.07) is 0. The van der Waals surface area contributed by atoms with Crippen LogP contribution in [0.15, 0.2) is 12.2 Å². The maximum absolute atomic E-state index is 12.4. The minimum absolute atomic E-state index is 0.0541. The maximum atomic E-state index is 12.4. The van der Waals surface area contributed by atoms with Gasteiger partial charge in [0.05, 0.1) is 13.2 Å². The maximum Gasteiger partial charge on any atom is 0.472 e. The van der Waals surface area contributed by atoms with E-state index in [-0.39, 0.29) is 38.6 Å². The van der Waals surface area contributed by atoms with Crippen molar-refractivity contribution in [2.75, 3.05) is 26.4 Å². The Balaban J connectivity index is 4.31. The molecular weight excluding hydrogens is 557 g/mol. The minimum Gasteiger partial charge on any atom is -0.462 e. The summed E-state index contributed by atoms with van der Waals surface area (Å²) in [5, 5.41) is 0. The van der Waals surface area contributed by atoms with E-state index in [1.807, 2.05) is 0 Å². The molecule has 0 aliphatic heterocycles. The molecule has 3 N–H and O–H groups in total. The standard InChI is InChI=1S/C32H62NO8P/c1-3-5-7-9-11-13-14-15-17-19-21-23-25-32(35)41-30(29-40-42(36,37)39-27-26-33)28-38-31(34)24-22-20-18-16-12-10-8-6-4-2/h11,13,30H,3-10,12,14-29,33H2,1-2H3,(H,36,37)/b13-11+/t30-/m1/s1. The van der Waals surface area contributed by atoms with Crippen LogP contribution in [-0.2, 0) is 32.7 Å². The van der Waals surface area contributed by atoms with E-state index >= 15 is 0 Å². The molecule has 0 aromatic rings. The molecular formula is C32H62NO8P. The number of esters is 2. The summed E-state index contributed by atoms with van der Waals surface area (Å²) >= 11 is 0. The smallest absolute Gasteiger partial charge is 0.462 e. The van der Waals surface area contributed by atoms with Gasteiger partial charge in [0.2, 0.25) is 0 Å². The van der Waals surface area contributed by atoms with E-state index in [2.05, 4.69) is 26.0 Å². The van der Waals surface area contributed by atoms with Crippen LogP contribution in [0.4, 0.5) is 0 Å². The second-order valence-electron chi connectivity index (χ2n) is 11.0. The average Bonchev–Trinajstić information content (AvgIpc) is 2.97. The Labute approximate surface area is 256 Å². The van der Waals surface area contributed by atoms with Gasteiger partial charge in [-0.15, -0.1) is 0 Å². The number of hydrogen-bond acceptors (Lipinski definition) is 8. The molecule has 9 nitrogen and oxygen atoms in total. The number of phosphoric acid groups is 1. The van der Waals surface area contributed by atoms with Crippen molar-refractivity contribution in [2.45, 2.75) is 155 Å². The Hall–Kier alpha value is -1.25. The van der Waals surface area contributed by atoms with Crippen LogP contribution in [0.2, 0.25) is 0 Å². The molecule has 0 aliphatic carbocycles. The first-order chi connectivity index (χ1) is 20.3. The summed E-state index contributed by atoms with van der Waals surface area (Å²) in [4.78, 5) is 34.4. The van der Waals surface area contributed by atoms with Gasteiger partial charge in [0.15, 0.2) is 6.10 Å². The summed E-state index contributed by atoms with van der Waals surface area (Å²) in [6.07, 6.45) is 25.3. The van der Waals surface area contributed by atoms with Gasteiger partial charge in [0.25, 0.3) is 0 Å². The monoisotopic (exact) mass is 619 g/mol. The molecule has 0 saturated carbocycles. The highest BCUT2D eigenvalue weighted by Gasteiger charge is 2.25. The van der Waals surface area contributed by atoms with Crippen LogP contribution >= 0.6 is 7.82 Å². The van der Waals surface area contributed by atoms with Crippen LogP contribution < -0.4 is 5.73 Å². The van der Waals surface area contributed by atoms with Crippen LogP contribution in [0.1, 0.15) is 149 Å². The topological polar surface area (TPSA) is 134 Å². The normalized spacial score (nSPS) is 13.7. The van der Waals surface area contributed by atoms with E-state index in [4.69, 9.17) is 24.3 Å². The van der Waals surface area contributed by atoms with Crippen LogP contribution in [0.3, 0.4) is 0 Å². The van der Waals surface area contributed by atoms with Crippen LogP contribution in [0.5, 0.6) is 0 Å². The molecule has 1 unspecified atom stereocenters. The van der Waals surface area contributed by atoms with Crippen LogP contribution in [0.25, 0.3) is 0 Å². The first-order valence-electron chi connectivity index (χ1n) is 16.7. The van der Waals surface area contributed by atoms with Crippen molar-refractivity contribution in [1.29, 1.82) is 0 Å². The largest absolute Gasteiger partial charge is 0.472 e. The first kappa shape index (κ1) is 40.8. The third-order valence-corrected chi connectivity index (χ3v) is 7.89. The molecule has 0 spiro atoms. The Morgan fingerprint density at radius 1 is 0.690 bits per heavy atom. The lowest BCUT2D eigenvalue weighted by Crippen LogP contribution is -2.29. The van der Waals surface area contributed by atoms with Crippen molar-refractivity contribution < 1.29 is 37.6 Å². The number of allylic oxidation sites excluding steroid dienone is 2. The number of carbonyl (C=O) groups is 2. The summed E-state index contributed by atoms with van der Waals surface area (Å²) in [5.74, 6) is -0.842. The fourth-order valence-corrected chi connectivity index (χ4v) is 5.16. The predicted octanol–water partition coefficient (Wildman–Crippen LogP) is 8.32. The van der Waals surface area contributed by atoms with E-state index in [9.17, 15) is 19.0 Å². The number of carbonyl (C=O) groups excluding carboxylic acids is 2. The quantitative estimate of drug-likeness (QED) is 0.0340. The zero-order valence-electron chi connectivity index (χ0n) is 26.7. The Morgan fingerprint density at radius 3 is 1.74 bits per heavy atom. The number of ether oxygens (including phenoxy) is 2.